The minimum Gasteiger partial charge on any atom is -0.344 e. The number of carbonyl (C=O) groups is 1. The van der Waals surface area contributed by atoms with Gasteiger partial charge < -0.3 is 11.1 Å². The number of aryl methyl sites for hydroxylation is 1. The first kappa shape index (κ1) is 13.6. The van der Waals surface area contributed by atoms with Gasteiger partial charge in [-0.2, -0.15) is 0 Å². The van der Waals surface area contributed by atoms with Gasteiger partial charge in [0, 0.05) is 12.7 Å². The Labute approximate surface area is 103 Å². The molecule has 0 atom stereocenters. The third-order valence-corrected chi connectivity index (χ3v) is 3.35. The fourth-order valence-corrected chi connectivity index (χ4v) is 1.79. The van der Waals surface area contributed by atoms with E-state index in [2.05, 4.69) is 10.3 Å². The minimum atomic E-state index is -0.318. The van der Waals surface area contributed by atoms with E-state index in [9.17, 15) is 4.79 Å². The summed E-state index contributed by atoms with van der Waals surface area (Å²) in [6, 6.07) is 3.70. The van der Waals surface area contributed by atoms with Crippen molar-refractivity contribution < 1.29 is 4.79 Å². The second kappa shape index (κ2) is 5.77. The summed E-state index contributed by atoms with van der Waals surface area (Å²) in [5.41, 5.74) is 6.80. The zero-order valence-electron chi connectivity index (χ0n) is 10.8. The number of nitrogens with two attached hydrogens (primary N) is 1. The molecule has 0 saturated carbocycles. The van der Waals surface area contributed by atoms with Gasteiger partial charge >= 0.3 is 0 Å². The predicted octanol–water partition coefficient (Wildman–Crippen LogP) is 1.64. The standard InChI is InChI=1S/C13H21N3O/c1-4-13(5-2,9-14)16-12(17)11-10(3)7-6-8-15-11/h6-8H,4-5,9,14H2,1-3H3,(H,16,17). The summed E-state index contributed by atoms with van der Waals surface area (Å²) in [5.74, 6) is -0.141. The maximum atomic E-state index is 12.1. The van der Waals surface area contributed by atoms with E-state index in [1.54, 1.807) is 6.20 Å². The smallest absolute Gasteiger partial charge is 0.270 e. The Morgan fingerprint density at radius 2 is 2.12 bits per heavy atom. The van der Waals surface area contributed by atoms with Gasteiger partial charge in [0.05, 0.1) is 5.54 Å². The Hall–Kier alpha value is -1.42. The Kier molecular flexibility index (Phi) is 4.63. The molecule has 1 aromatic heterocycles. The molecule has 0 saturated heterocycles. The van der Waals surface area contributed by atoms with E-state index in [-0.39, 0.29) is 11.4 Å². The number of hydrogen-bond acceptors (Lipinski definition) is 3. The maximum absolute atomic E-state index is 12.1. The highest BCUT2D eigenvalue weighted by molar-refractivity contribution is 5.94. The van der Waals surface area contributed by atoms with Gasteiger partial charge in [-0.05, 0) is 31.4 Å². The van der Waals surface area contributed by atoms with Gasteiger partial charge in [-0.1, -0.05) is 19.9 Å². The Bertz CT molecular complexity index is 378. The van der Waals surface area contributed by atoms with Crippen LogP contribution in [0.2, 0.25) is 0 Å². The molecule has 3 N–H and O–H groups in total. The largest absolute Gasteiger partial charge is 0.344 e. The van der Waals surface area contributed by atoms with Gasteiger partial charge in [0.15, 0.2) is 0 Å². The summed E-state index contributed by atoms with van der Waals surface area (Å²) < 4.78 is 0. The molecule has 1 heterocycles. The molecule has 1 amide bonds. The van der Waals surface area contributed by atoms with Crippen molar-refractivity contribution in [3.05, 3.63) is 29.6 Å². The van der Waals surface area contributed by atoms with Crippen LogP contribution in [0.4, 0.5) is 0 Å². The molecule has 0 unspecified atom stereocenters. The minimum absolute atomic E-state index is 0.141. The van der Waals surface area contributed by atoms with E-state index in [4.69, 9.17) is 5.73 Å². The predicted molar refractivity (Wildman–Crippen MR) is 68.8 cm³/mol. The molecule has 94 valence electrons. The summed E-state index contributed by atoms with van der Waals surface area (Å²) >= 11 is 0. The number of amides is 1. The first-order valence-electron chi connectivity index (χ1n) is 6.02. The highest BCUT2D eigenvalue weighted by atomic mass is 16.2. The van der Waals surface area contributed by atoms with E-state index in [0.717, 1.165) is 18.4 Å². The van der Waals surface area contributed by atoms with Crippen LogP contribution in [-0.4, -0.2) is 23.0 Å². The fourth-order valence-electron chi connectivity index (χ4n) is 1.79. The van der Waals surface area contributed by atoms with E-state index < -0.39 is 0 Å². The monoisotopic (exact) mass is 235 g/mol. The summed E-state index contributed by atoms with van der Waals surface area (Å²) in [7, 11) is 0. The summed E-state index contributed by atoms with van der Waals surface area (Å²) in [6.45, 7) is 6.38. The van der Waals surface area contributed by atoms with Crippen molar-refractivity contribution in [1.82, 2.24) is 10.3 Å². The van der Waals surface area contributed by atoms with Crippen molar-refractivity contribution in [2.75, 3.05) is 6.54 Å². The zero-order chi connectivity index (χ0) is 12.9. The fraction of sp³-hybridized carbons (Fsp3) is 0.538. The molecule has 0 bridgehead atoms. The van der Waals surface area contributed by atoms with E-state index in [0.29, 0.717) is 12.2 Å². The second-order valence-electron chi connectivity index (χ2n) is 4.31. The van der Waals surface area contributed by atoms with Crippen LogP contribution in [0.3, 0.4) is 0 Å². The highest BCUT2D eigenvalue weighted by Crippen LogP contribution is 2.14. The molecule has 0 spiro atoms. The average molecular weight is 235 g/mol. The number of hydrogen-bond donors (Lipinski definition) is 2. The van der Waals surface area contributed by atoms with Gasteiger partial charge in [-0.25, -0.2) is 0 Å². The van der Waals surface area contributed by atoms with Crippen LogP contribution >= 0.6 is 0 Å². The van der Waals surface area contributed by atoms with Crippen molar-refractivity contribution in [1.29, 1.82) is 0 Å². The maximum Gasteiger partial charge on any atom is 0.270 e. The molecule has 4 heteroatoms. The van der Waals surface area contributed by atoms with Crippen LogP contribution in [0.5, 0.6) is 0 Å². The SMILES string of the molecule is CCC(CC)(CN)NC(=O)c1ncccc1C. The van der Waals surface area contributed by atoms with Crippen molar-refractivity contribution in [2.24, 2.45) is 5.73 Å². The Morgan fingerprint density at radius 3 is 2.59 bits per heavy atom. The van der Waals surface area contributed by atoms with Gasteiger partial charge in [-0.3, -0.25) is 9.78 Å². The Morgan fingerprint density at radius 1 is 1.47 bits per heavy atom. The molecule has 0 aromatic carbocycles. The second-order valence-corrected chi connectivity index (χ2v) is 4.31. The van der Waals surface area contributed by atoms with Gasteiger partial charge in [0.25, 0.3) is 5.91 Å². The molecule has 0 aliphatic rings. The van der Waals surface area contributed by atoms with E-state index in [1.807, 2.05) is 32.9 Å². The summed E-state index contributed by atoms with van der Waals surface area (Å²) in [4.78, 5) is 16.2. The van der Waals surface area contributed by atoms with E-state index >= 15 is 0 Å². The number of carbonyl (C=O) groups excluding carboxylic acids is 1. The molecular formula is C13H21N3O. The van der Waals surface area contributed by atoms with E-state index in [1.165, 1.54) is 0 Å². The van der Waals surface area contributed by atoms with Crippen LogP contribution in [-0.2, 0) is 0 Å². The third-order valence-electron chi connectivity index (χ3n) is 3.35. The van der Waals surface area contributed by atoms with Crippen LogP contribution < -0.4 is 11.1 Å². The molecule has 1 rings (SSSR count). The van der Waals surface area contributed by atoms with Gasteiger partial charge in [-0.15, -0.1) is 0 Å². The lowest BCUT2D eigenvalue weighted by atomic mass is 9.92. The lowest BCUT2D eigenvalue weighted by Crippen LogP contribution is -2.53. The molecule has 0 radical (unpaired) electrons. The molecule has 17 heavy (non-hydrogen) atoms. The van der Waals surface area contributed by atoms with Crippen LogP contribution in [0, 0.1) is 6.92 Å². The molecule has 0 aliphatic carbocycles. The Balaban J connectivity index is 2.89. The zero-order valence-corrected chi connectivity index (χ0v) is 10.8. The molecule has 0 aliphatic heterocycles. The average Bonchev–Trinajstić information content (AvgIpc) is 2.36. The molecule has 0 fully saturated rings. The molecular weight excluding hydrogens is 214 g/mol. The molecule has 4 nitrogen and oxygen atoms in total. The first-order valence-corrected chi connectivity index (χ1v) is 6.02. The van der Waals surface area contributed by atoms with Crippen molar-refractivity contribution in [3.8, 4) is 0 Å². The number of nitrogens with zero attached hydrogens (tertiary/aromatic N) is 1. The van der Waals surface area contributed by atoms with Crippen molar-refractivity contribution >= 4 is 5.91 Å². The van der Waals surface area contributed by atoms with Crippen LogP contribution in [0.15, 0.2) is 18.3 Å². The lowest BCUT2D eigenvalue weighted by molar-refractivity contribution is 0.0889. The highest BCUT2D eigenvalue weighted by Gasteiger charge is 2.27. The quantitative estimate of drug-likeness (QED) is 0.815. The number of pyridine rings is 1. The summed E-state index contributed by atoms with van der Waals surface area (Å²) in [6.07, 6.45) is 3.26. The number of nitrogens with one attached hydrogen (secondary N) is 1. The third kappa shape index (κ3) is 3.03. The van der Waals surface area contributed by atoms with Crippen LogP contribution in [0.1, 0.15) is 42.7 Å². The normalized spacial score (nSPS) is 11.3. The topological polar surface area (TPSA) is 68.0 Å². The first-order chi connectivity index (χ1) is 8.08. The van der Waals surface area contributed by atoms with Crippen molar-refractivity contribution in [3.63, 3.8) is 0 Å². The number of aromatic nitrogens is 1. The van der Waals surface area contributed by atoms with Gasteiger partial charge in [0.1, 0.15) is 5.69 Å². The van der Waals surface area contributed by atoms with Gasteiger partial charge in [0.2, 0.25) is 0 Å². The molecule has 1 aromatic rings. The number of rotatable bonds is 5. The lowest BCUT2D eigenvalue weighted by Gasteiger charge is -2.31. The summed E-state index contributed by atoms with van der Waals surface area (Å²) in [5, 5.41) is 3.01. The van der Waals surface area contributed by atoms with Crippen LogP contribution in [0.25, 0.3) is 0 Å². The van der Waals surface area contributed by atoms with Crippen molar-refractivity contribution in [2.45, 2.75) is 39.2 Å².